The predicted molar refractivity (Wildman–Crippen MR) is 80.6 cm³/mol. The molecule has 0 aliphatic rings. The monoisotopic (exact) mass is 245 g/mol. The summed E-state index contributed by atoms with van der Waals surface area (Å²) in [6, 6.07) is 11.1. The van der Waals surface area contributed by atoms with Crippen LogP contribution in [0.3, 0.4) is 0 Å². The van der Waals surface area contributed by atoms with E-state index in [2.05, 4.69) is 36.9 Å². The highest BCUT2D eigenvalue weighted by Gasteiger charge is 2.02. The summed E-state index contributed by atoms with van der Waals surface area (Å²) in [5, 5.41) is 0. The van der Waals surface area contributed by atoms with E-state index < -0.39 is 0 Å². The van der Waals surface area contributed by atoms with Crippen LogP contribution in [0, 0.1) is 0 Å². The van der Waals surface area contributed by atoms with Crippen LogP contribution < -0.4 is 5.73 Å². The lowest BCUT2D eigenvalue weighted by Crippen LogP contribution is -2.19. The van der Waals surface area contributed by atoms with E-state index in [-0.39, 0.29) is 0 Å². The van der Waals surface area contributed by atoms with Crippen LogP contribution in [0.4, 0.5) is 0 Å². The number of allylic oxidation sites excluding steroid dienone is 1. The quantitative estimate of drug-likeness (QED) is 0.477. The van der Waals surface area contributed by atoms with Crippen molar-refractivity contribution >= 4 is 0 Å². The molecule has 18 heavy (non-hydrogen) atoms. The van der Waals surface area contributed by atoms with Gasteiger partial charge in [0.1, 0.15) is 0 Å². The molecular formula is C17H27N. The third-order valence-electron chi connectivity index (χ3n) is 3.37. The number of rotatable bonds is 10. The van der Waals surface area contributed by atoms with Crippen LogP contribution in [0.15, 0.2) is 43.0 Å². The van der Waals surface area contributed by atoms with E-state index in [1.807, 2.05) is 6.08 Å². The summed E-state index contributed by atoms with van der Waals surface area (Å²) < 4.78 is 0. The molecular weight excluding hydrogens is 218 g/mol. The normalized spacial score (nSPS) is 12.3. The molecule has 0 spiro atoms. The lowest BCUT2D eigenvalue weighted by molar-refractivity contribution is 0.510. The zero-order valence-corrected chi connectivity index (χ0v) is 11.5. The van der Waals surface area contributed by atoms with Crippen LogP contribution >= 0.6 is 0 Å². The van der Waals surface area contributed by atoms with Crippen molar-refractivity contribution in [2.45, 2.75) is 57.4 Å². The van der Waals surface area contributed by atoms with Crippen LogP contribution in [0.2, 0.25) is 0 Å². The van der Waals surface area contributed by atoms with E-state index >= 15 is 0 Å². The fraction of sp³-hybridized carbons (Fsp3) is 0.529. The Balaban J connectivity index is 2.00. The molecule has 0 amide bonds. The van der Waals surface area contributed by atoms with E-state index in [4.69, 9.17) is 5.73 Å². The molecule has 2 N–H and O–H groups in total. The van der Waals surface area contributed by atoms with E-state index in [1.165, 1.54) is 37.7 Å². The minimum Gasteiger partial charge on any atom is -0.328 e. The maximum Gasteiger partial charge on any atom is 0.00389 e. The van der Waals surface area contributed by atoms with Crippen LogP contribution in [-0.2, 0) is 6.42 Å². The van der Waals surface area contributed by atoms with Gasteiger partial charge >= 0.3 is 0 Å². The van der Waals surface area contributed by atoms with E-state index in [0.717, 1.165) is 19.3 Å². The molecule has 1 atom stereocenters. The van der Waals surface area contributed by atoms with Crippen LogP contribution in [0.5, 0.6) is 0 Å². The van der Waals surface area contributed by atoms with E-state index in [1.54, 1.807) is 0 Å². The van der Waals surface area contributed by atoms with Gasteiger partial charge in [0, 0.05) is 6.04 Å². The highest BCUT2D eigenvalue weighted by molar-refractivity contribution is 5.14. The first-order valence-corrected chi connectivity index (χ1v) is 7.23. The maximum atomic E-state index is 6.13. The second-order valence-corrected chi connectivity index (χ2v) is 5.06. The van der Waals surface area contributed by atoms with Crippen LogP contribution in [0.1, 0.15) is 50.5 Å². The van der Waals surface area contributed by atoms with Crippen molar-refractivity contribution in [2.75, 3.05) is 0 Å². The molecule has 1 rings (SSSR count). The van der Waals surface area contributed by atoms with Gasteiger partial charge < -0.3 is 5.73 Å². The molecule has 0 fully saturated rings. The molecule has 0 radical (unpaired) electrons. The summed E-state index contributed by atoms with van der Waals surface area (Å²) >= 11 is 0. The highest BCUT2D eigenvalue weighted by Crippen LogP contribution is 2.10. The fourth-order valence-electron chi connectivity index (χ4n) is 2.23. The summed E-state index contributed by atoms with van der Waals surface area (Å²) in [6.45, 7) is 3.74. The van der Waals surface area contributed by atoms with Gasteiger partial charge in [-0.3, -0.25) is 0 Å². The van der Waals surface area contributed by atoms with Crippen LogP contribution in [0.25, 0.3) is 0 Å². The van der Waals surface area contributed by atoms with Gasteiger partial charge in [0.25, 0.3) is 0 Å². The molecule has 1 unspecified atom stereocenters. The molecule has 0 aromatic heterocycles. The number of hydrogen-bond acceptors (Lipinski definition) is 1. The smallest absolute Gasteiger partial charge is 0.00389 e. The number of benzene rings is 1. The summed E-state index contributed by atoms with van der Waals surface area (Å²) in [5.41, 5.74) is 7.56. The summed E-state index contributed by atoms with van der Waals surface area (Å²) in [7, 11) is 0. The molecule has 0 aliphatic carbocycles. The fourth-order valence-corrected chi connectivity index (χ4v) is 2.23. The largest absolute Gasteiger partial charge is 0.328 e. The van der Waals surface area contributed by atoms with Crippen LogP contribution in [-0.4, -0.2) is 6.04 Å². The first-order valence-electron chi connectivity index (χ1n) is 7.23. The molecule has 0 heterocycles. The molecule has 0 aliphatic heterocycles. The minimum atomic E-state index is 0.387. The van der Waals surface area contributed by atoms with Crippen molar-refractivity contribution in [3.63, 3.8) is 0 Å². The van der Waals surface area contributed by atoms with Gasteiger partial charge in [-0.05, 0) is 44.1 Å². The van der Waals surface area contributed by atoms with Gasteiger partial charge in [0.05, 0.1) is 0 Å². The van der Waals surface area contributed by atoms with Gasteiger partial charge in [0.2, 0.25) is 0 Å². The molecule has 0 saturated heterocycles. The van der Waals surface area contributed by atoms with Gasteiger partial charge in [-0.1, -0.05) is 49.2 Å². The second kappa shape index (κ2) is 9.90. The summed E-state index contributed by atoms with van der Waals surface area (Å²) in [5.74, 6) is 0. The number of aryl methyl sites for hydroxylation is 1. The zero-order chi connectivity index (χ0) is 13.1. The topological polar surface area (TPSA) is 26.0 Å². The van der Waals surface area contributed by atoms with Crippen molar-refractivity contribution in [1.29, 1.82) is 0 Å². The SMILES string of the molecule is C=CCCCCCC(N)CCCc1ccccc1. The van der Waals surface area contributed by atoms with Crippen molar-refractivity contribution in [3.05, 3.63) is 48.6 Å². The van der Waals surface area contributed by atoms with Gasteiger partial charge in [-0.15, -0.1) is 6.58 Å². The molecule has 1 nitrogen and oxygen atoms in total. The Morgan fingerprint density at radius 2 is 1.72 bits per heavy atom. The zero-order valence-electron chi connectivity index (χ0n) is 11.5. The molecule has 1 aromatic carbocycles. The molecule has 1 heteroatoms. The Labute approximate surface area is 112 Å². The minimum absolute atomic E-state index is 0.387. The Bertz CT molecular complexity index is 305. The summed E-state index contributed by atoms with van der Waals surface area (Å²) in [4.78, 5) is 0. The van der Waals surface area contributed by atoms with Gasteiger partial charge in [-0.25, -0.2) is 0 Å². The lowest BCUT2D eigenvalue weighted by atomic mass is 10.0. The highest BCUT2D eigenvalue weighted by atomic mass is 14.6. The van der Waals surface area contributed by atoms with E-state index in [9.17, 15) is 0 Å². The Morgan fingerprint density at radius 1 is 1.00 bits per heavy atom. The van der Waals surface area contributed by atoms with E-state index in [0.29, 0.717) is 6.04 Å². The number of unbranched alkanes of at least 4 members (excludes halogenated alkanes) is 3. The summed E-state index contributed by atoms with van der Waals surface area (Å²) in [6.07, 6.45) is 11.6. The number of hydrogen-bond donors (Lipinski definition) is 1. The second-order valence-electron chi connectivity index (χ2n) is 5.06. The average molecular weight is 245 g/mol. The van der Waals surface area contributed by atoms with Crippen molar-refractivity contribution < 1.29 is 0 Å². The van der Waals surface area contributed by atoms with Gasteiger partial charge in [0.15, 0.2) is 0 Å². The Hall–Kier alpha value is -1.08. The van der Waals surface area contributed by atoms with Crippen molar-refractivity contribution in [1.82, 2.24) is 0 Å². The lowest BCUT2D eigenvalue weighted by Gasteiger charge is -2.11. The first-order chi connectivity index (χ1) is 8.83. The molecule has 0 saturated carbocycles. The van der Waals surface area contributed by atoms with Crippen molar-refractivity contribution in [2.24, 2.45) is 5.73 Å². The first kappa shape index (κ1) is 15.0. The standard InChI is InChI=1S/C17H27N/c1-2-3-4-5-9-14-17(18)15-10-13-16-11-7-6-8-12-16/h2,6-8,11-12,17H,1,3-5,9-10,13-15,18H2. The predicted octanol–water partition coefficient (Wildman–Crippen LogP) is 4.47. The molecule has 0 bridgehead atoms. The third kappa shape index (κ3) is 7.29. The van der Waals surface area contributed by atoms with Gasteiger partial charge in [-0.2, -0.15) is 0 Å². The average Bonchev–Trinajstić information content (AvgIpc) is 2.40. The third-order valence-corrected chi connectivity index (χ3v) is 3.37. The van der Waals surface area contributed by atoms with Crippen molar-refractivity contribution in [3.8, 4) is 0 Å². The molecule has 1 aromatic rings. The number of nitrogens with two attached hydrogens (primary N) is 1. The Kier molecular flexibility index (Phi) is 8.24. The molecule has 100 valence electrons. The maximum absolute atomic E-state index is 6.13. The Morgan fingerprint density at radius 3 is 2.44 bits per heavy atom.